The molecule has 2 fully saturated rings. The molecule has 3 heterocycles. The zero-order valence-corrected chi connectivity index (χ0v) is 18.7. The number of non-ortho nitro benzene ring substituents is 1. The van der Waals surface area contributed by atoms with Crippen molar-refractivity contribution in [1.82, 2.24) is 4.90 Å². The Morgan fingerprint density at radius 2 is 1.74 bits per heavy atom. The Kier molecular flexibility index (Phi) is 5.28. The minimum atomic E-state index is -0.911. The molecular formula is C25H23N3O6. The molecule has 5 rings (SSSR count). The summed E-state index contributed by atoms with van der Waals surface area (Å²) in [5.74, 6) is -2.58. The van der Waals surface area contributed by atoms with Gasteiger partial charge < -0.3 is 9.64 Å². The molecule has 174 valence electrons. The fraction of sp³-hybridized carbons (Fsp3) is 0.320. The average Bonchev–Trinajstić information content (AvgIpc) is 3.30. The zero-order valence-electron chi connectivity index (χ0n) is 18.7. The average molecular weight is 461 g/mol. The van der Waals surface area contributed by atoms with Crippen molar-refractivity contribution in [1.29, 1.82) is 0 Å². The molecule has 4 atom stereocenters. The number of fused-ring (bicyclic) bond motifs is 5. The number of allylic oxidation sites excluding steroid dienone is 1. The van der Waals surface area contributed by atoms with Crippen LogP contribution in [-0.2, 0) is 14.3 Å². The van der Waals surface area contributed by atoms with Gasteiger partial charge in [0.05, 0.1) is 36.0 Å². The number of nitrogens with zero attached hydrogens (tertiary/aromatic N) is 3. The van der Waals surface area contributed by atoms with E-state index in [-0.39, 0.29) is 42.0 Å². The first-order valence-corrected chi connectivity index (χ1v) is 11.0. The molecule has 0 radical (unpaired) electrons. The normalized spacial score (nSPS) is 25.1. The quantitative estimate of drug-likeness (QED) is 0.282. The molecule has 0 N–H and O–H groups in total. The molecule has 0 bridgehead atoms. The van der Waals surface area contributed by atoms with Crippen molar-refractivity contribution in [2.45, 2.75) is 19.0 Å². The van der Waals surface area contributed by atoms with Gasteiger partial charge in [-0.1, -0.05) is 24.3 Å². The van der Waals surface area contributed by atoms with E-state index in [4.69, 9.17) is 4.74 Å². The van der Waals surface area contributed by atoms with Gasteiger partial charge in [-0.15, -0.1) is 0 Å². The molecule has 0 spiro atoms. The van der Waals surface area contributed by atoms with E-state index in [1.807, 2.05) is 42.2 Å². The van der Waals surface area contributed by atoms with Gasteiger partial charge >= 0.3 is 0 Å². The van der Waals surface area contributed by atoms with Crippen LogP contribution in [0.2, 0.25) is 0 Å². The van der Waals surface area contributed by atoms with Crippen LogP contribution in [-0.4, -0.2) is 59.8 Å². The lowest BCUT2D eigenvalue weighted by Crippen LogP contribution is -2.49. The minimum absolute atomic E-state index is 0.126. The lowest BCUT2D eigenvalue weighted by Gasteiger charge is -2.38. The summed E-state index contributed by atoms with van der Waals surface area (Å²) < 4.78 is 5.08. The highest BCUT2D eigenvalue weighted by Crippen LogP contribution is 2.50. The number of carbonyl (C=O) groups is 3. The number of anilines is 1. The number of amides is 2. The predicted octanol–water partition coefficient (Wildman–Crippen LogP) is 2.70. The largest absolute Gasteiger partial charge is 0.383 e. The van der Waals surface area contributed by atoms with Gasteiger partial charge in [-0.3, -0.25) is 29.4 Å². The summed E-state index contributed by atoms with van der Waals surface area (Å²) in [6.07, 6.45) is 1.97. The van der Waals surface area contributed by atoms with Gasteiger partial charge in [0.25, 0.3) is 5.69 Å². The highest BCUT2D eigenvalue weighted by atomic mass is 16.6. The smallest absolute Gasteiger partial charge is 0.269 e. The zero-order chi connectivity index (χ0) is 24.1. The molecule has 2 saturated heterocycles. The summed E-state index contributed by atoms with van der Waals surface area (Å²) in [6, 6.07) is 11.6. The van der Waals surface area contributed by atoms with Crippen molar-refractivity contribution in [2.24, 2.45) is 11.8 Å². The van der Waals surface area contributed by atoms with E-state index in [1.165, 1.54) is 36.3 Å². The standard InChI is InChI=1S/C25H23N3O6/c1-14-13-19-20-21(25(31)26(24(20)30)11-12-34-2)22(27(19)18-6-4-3-5-17(14)18)23(29)15-7-9-16(10-8-15)28(32)33/h3-10,13,19-22H,11-12H2,1-2H3/t19-,20+,21+,22-/m1/s1. The van der Waals surface area contributed by atoms with E-state index >= 15 is 0 Å². The molecule has 3 aliphatic heterocycles. The molecule has 9 nitrogen and oxygen atoms in total. The Labute approximate surface area is 195 Å². The van der Waals surface area contributed by atoms with E-state index < -0.39 is 28.8 Å². The Hall–Kier alpha value is -3.85. The van der Waals surface area contributed by atoms with Gasteiger partial charge in [0, 0.05) is 36.1 Å². The van der Waals surface area contributed by atoms with Gasteiger partial charge in [-0.05, 0) is 30.7 Å². The number of likely N-dealkylation sites (tertiary alicyclic amines) is 1. The second kappa shape index (κ2) is 8.18. The molecule has 34 heavy (non-hydrogen) atoms. The summed E-state index contributed by atoms with van der Waals surface area (Å²) in [4.78, 5) is 54.4. The maximum absolute atomic E-state index is 13.9. The SMILES string of the molecule is COCCN1C(=O)[C@@H]2[C@H](C1=O)[C@H](C(=O)c1ccc([N+](=O)[O-])cc1)N1c3ccccc3C(C)=C[C@H]21. The molecule has 2 amide bonds. The third kappa shape index (κ3) is 3.15. The second-order valence-corrected chi connectivity index (χ2v) is 8.75. The number of nitro groups is 1. The Balaban J connectivity index is 1.62. The van der Waals surface area contributed by atoms with E-state index in [1.54, 1.807) is 0 Å². The third-order valence-electron chi connectivity index (χ3n) is 7.00. The summed E-state index contributed by atoms with van der Waals surface area (Å²) in [5.41, 5.74) is 2.85. The number of Topliss-reactive ketones (excluding diaryl/α,β-unsaturated/α-hetero) is 1. The highest BCUT2D eigenvalue weighted by molar-refractivity contribution is 6.14. The molecule has 0 saturated carbocycles. The van der Waals surface area contributed by atoms with Crippen molar-refractivity contribution in [2.75, 3.05) is 25.2 Å². The molecule has 0 aliphatic carbocycles. The van der Waals surface area contributed by atoms with Gasteiger partial charge in [0.15, 0.2) is 5.78 Å². The summed E-state index contributed by atoms with van der Waals surface area (Å²) >= 11 is 0. The fourth-order valence-electron chi connectivity index (χ4n) is 5.48. The molecule has 0 unspecified atom stereocenters. The number of ketones is 1. The van der Waals surface area contributed by atoms with Crippen LogP contribution in [0.3, 0.4) is 0 Å². The predicted molar refractivity (Wildman–Crippen MR) is 123 cm³/mol. The number of benzene rings is 2. The van der Waals surface area contributed by atoms with Crippen LogP contribution in [0, 0.1) is 22.0 Å². The number of para-hydroxylation sites is 1. The lowest BCUT2D eigenvalue weighted by molar-refractivity contribution is -0.384. The van der Waals surface area contributed by atoms with Crippen LogP contribution in [0.1, 0.15) is 22.8 Å². The number of imide groups is 1. The maximum atomic E-state index is 13.9. The summed E-state index contributed by atoms with van der Waals surface area (Å²) in [5, 5.41) is 11.1. The summed E-state index contributed by atoms with van der Waals surface area (Å²) in [6.45, 7) is 2.30. The number of hydrogen-bond acceptors (Lipinski definition) is 7. The van der Waals surface area contributed by atoms with Crippen LogP contribution >= 0.6 is 0 Å². The Morgan fingerprint density at radius 3 is 2.41 bits per heavy atom. The van der Waals surface area contributed by atoms with E-state index in [0.717, 1.165) is 16.8 Å². The second-order valence-electron chi connectivity index (χ2n) is 8.75. The number of rotatable bonds is 6. The van der Waals surface area contributed by atoms with Crippen LogP contribution < -0.4 is 4.90 Å². The monoisotopic (exact) mass is 461 g/mol. The van der Waals surface area contributed by atoms with Crippen molar-refractivity contribution in [3.05, 3.63) is 75.8 Å². The molecule has 9 heteroatoms. The number of carbonyl (C=O) groups excluding carboxylic acids is 3. The van der Waals surface area contributed by atoms with Gasteiger partial charge in [0.2, 0.25) is 11.8 Å². The molecule has 2 aromatic carbocycles. The number of nitro benzene ring substituents is 1. The van der Waals surface area contributed by atoms with Gasteiger partial charge in [-0.2, -0.15) is 0 Å². The number of hydrogen-bond donors (Lipinski definition) is 0. The Morgan fingerprint density at radius 1 is 1.06 bits per heavy atom. The molecule has 0 aromatic heterocycles. The third-order valence-corrected chi connectivity index (χ3v) is 7.00. The first-order chi connectivity index (χ1) is 16.3. The van der Waals surface area contributed by atoms with E-state index in [9.17, 15) is 24.5 Å². The first-order valence-electron chi connectivity index (χ1n) is 11.0. The molecule has 2 aromatic rings. The van der Waals surface area contributed by atoms with Crippen LogP contribution in [0.25, 0.3) is 5.57 Å². The molecular weight excluding hydrogens is 438 g/mol. The van der Waals surface area contributed by atoms with Crippen molar-refractivity contribution in [3.63, 3.8) is 0 Å². The molecule has 3 aliphatic rings. The first kappa shape index (κ1) is 22.0. The number of methoxy groups -OCH3 is 1. The van der Waals surface area contributed by atoms with Crippen LogP contribution in [0.5, 0.6) is 0 Å². The van der Waals surface area contributed by atoms with E-state index in [2.05, 4.69) is 0 Å². The van der Waals surface area contributed by atoms with Crippen molar-refractivity contribution < 1.29 is 24.0 Å². The van der Waals surface area contributed by atoms with Crippen molar-refractivity contribution in [3.8, 4) is 0 Å². The van der Waals surface area contributed by atoms with Gasteiger partial charge in [-0.25, -0.2) is 0 Å². The fourth-order valence-corrected chi connectivity index (χ4v) is 5.48. The van der Waals surface area contributed by atoms with E-state index in [0.29, 0.717) is 0 Å². The topological polar surface area (TPSA) is 110 Å². The Bertz CT molecular complexity index is 1240. The van der Waals surface area contributed by atoms with Crippen LogP contribution in [0.15, 0.2) is 54.6 Å². The summed E-state index contributed by atoms with van der Waals surface area (Å²) in [7, 11) is 1.50. The number of ether oxygens (including phenoxy) is 1. The van der Waals surface area contributed by atoms with Crippen LogP contribution in [0.4, 0.5) is 11.4 Å². The van der Waals surface area contributed by atoms with Gasteiger partial charge in [0.1, 0.15) is 6.04 Å². The highest BCUT2D eigenvalue weighted by Gasteiger charge is 2.64. The minimum Gasteiger partial charge on any atom is -0.383 e. The maximum Gasteiger partial charge on any atom is 0.269 e. The van der Waals surface area contributed by atoms with Crippen molar-refractivity contribution >= 4 is 34.5 Å². The lowest BCUT2D eigenvalue weighted by atomic mass is 9.85.